The Hall–Kier alpha value is -3.60. The molecule has 2 heterocycles. The van der Waals surface area contributed by atoms with E-state index in [1.807, 2.05) is 40.3 Å². The SMILES string of the molecule is C=CCn1c(SCC(=O)Nc2scc(-c3ccc(OC)cc3)c2C(=O)OC)nnc1-c1ccccc1Cl. The summed E-state index contributed by atoms with van der Waals surface area (Å²) in [6.07, 6.45) is 1.73. The van der Waals surface area contributed by atoms with Gasteiger partial charge >= 0.3 is 5.97 Å². The van der Waals surface area contributed by atoms with Gasteiger partial charge in [0, 0.05) is 23.1 Å². The molecule has 4 aromatic rings. The molecule has 0 aliphatic heterocycles. The third-order valence-corrected chi connectivity index (χ3v) is 7.50. The van der Waals surface area contributed by atoms with Gasteiger partial charge in [-0.15, -0.1) is 28.1 Å². The molecule has 11 heteroatoms. The molecule has 2 aromatic heterocycles. The van der Waals surface area contributed by atoms with Crippen LogP contribution in [0.5, 0.6) is 5.75 Å². The molecule has 4 rings (SSSR count). The highest BCUT2D eigenvalue weighted by Gasteiger charge is 2.23. The van der Waals surface area contributed by atoms with E-state index in [4.69, 9.17) is 21.1 Å². The predicted octanol–water partition coefficient (Wildman–Crippen LogP) is 6.04. The van der Waals surface area contributed by atoms with Crippen molar-refractivity contribution < 1.29 is 19.1 Å². The maximum atomic E-state index is 12.9. The van der Waals surface area contributed by atoms with Crippen molar-refractivity contribution in [2.24, 2.45) is 0 Å². The molecule has 0 unspecified atom stereocenters. The van der Waals surface area contributed by atoms with Crippen molar-refractivity contribution in [3.63, 3.8) is 0 Å². The molecule has 8 nitrogen and oxygen atoms in total. The minimum Gasteiger partial charge on any atom is -0.497 e. The summed E-state index contributed by atoms with van der Waals surface area (Å²) in [5.41, 5.74) is 2.50. The molecular weight excluding hydrogens is 532 g/mol. The van der Waals surface area contributed by atoms with E-state index in [0.717, 1.165) is 11.1 Å². The van der Waals surface area contributed by atoms with E-state index in [0.29, 0.717) is 44.4 Å². The molecule has 1 N–H and O–H groups in total. The van der Waals surface area contributed by atoms with E-state index < -0.39 is 5.97 Å². The number of benzene rings is 2. The number of nitrogens with zero attached hydrogens (tertiary/aromatic N) is 3. The van der Waals surface area contributed by atoms with Crippen molar-refractivity contribution >= 4 is 51.6 Å². The van der Waals surface area contributed by atoms with Crippen LogP contribution in [0.2, 0.25) is 5.02 Å². The lowest BCUT2D eigenvalue weighted by atomic mass is 10.0. The van der Waals surface area contributed by atoms with Crippen molar-refractivity contribution in [2.45, 2.75) is 11.7 Å². The summed E-state index contributed by atoms with van der Waals surface area (Å²) in [6, 6.07) is 14.7. The number of carbonyl (C=O) groups is 2. The van der Waals surface area contributed by atoms with E-state index in [-0.39, 0.29) is 11.7 Å². The van der Waals surface area contributed by atoms with E-state index in [1.165, 1.54) is 30.2 Å². The highest BCUT2D eigenvalue weighted by atomic mass is 35.5. The van der Waals surface area contributed by atoms with Gasteiger partial charge in [0.25, 0.3) is 0 Å². The molecule has 0 spiro atoms. The molecule has 2 aromatic carbocycles. The number of thioether (sulfide) groups is 1. The number of hydrogen-bond acceptors (Lipinski definition) is 8. The molecule has 1 amide bonds. The standard InChI is InChI=1S/C26H23ClN4O4S2/c1-4-13-31-23(18-7-5-6-8-20(18)27)29-30-26(31)37-15-21(32)28-24-22(25(33)35-3)19(14-36-24)16-9-11-17(34-2)12-10-16/h4-12,14H,1,13,15H2,2-3H3,(H,28,32). The predicted molar refractivity (Wildman–Crippen MR) is 148 cm³/mol. The number of methoxy groups -OCH3 is 2. The highest BCUT2D eigenvalue weighted by molar-refractivity contribution is 7.99. The topological polar surface area (TPSA) is 95.3 Å². The third-order valence-electron chi connectivity index (χ3n) is 5.31. The van der Waals surface area contributed by atoms with Gasteiger partial charge in [0.2, 0.25) is 5.91 Å². The average Bonchev–Trinajstić information content (AvgIpc) is 3.51. The van der Waals surface area contributed by atoms with Crippen LogP contribution in [0.4, 0.5) is 5.00 Å². The fraction of sp³-hybridized carbons (Fsp3) is 0.154. The Kier molecular flexibility index (Phi) is 8.65. The van der Waals surface area contributed by atoms with Gasteiger partial charge in [0.05, 0.1) is 25.0 Å². The Bertz CT molecular complexity index is 1430. The zero-order valence-corrected chi connectivity index (χ0v) is 22.5. The van der Waals surface area contributed by atoms with Gasteiger partial charge in [0.15, 0.2) is 11.0 Å². The van der Waals surface area contributed by atoms with Crippen LogP contribution in [0.3, 0.4) is 0 Å². The van der Waals surface area contributed by atoms with Crippen LogP contribution in [-0.2, 0) is 16.1 Å². The van der Waals surface area contributed by atoms with Crippen molar-refractivity contribution in [3.8, 4) is 28.3 Å². The number of aromatic nitrogens is 3. The summed E-state index contributed by atoms with van der Waals surface area (Å²) in [6.45, 7) is 4.25. The largest absolute Gasteiger partial charge is 0.497 e. The summed E-state index contributed by atoms with van der Waals surface area (Å²) in [5.74, 6) is 0.500. The lowest BCUT2D eigenvalue weighted by molar-refractivity contribution is -0.113. The smallest absolute Gasteiger partial charge is 0.341 e. The number of thiophene rings is 1. The second-order valence-corrected chi connectivity index (χ2v) is 9.83. The minimum atomic E-state index is -0.537. The van der Waals surface area contributed by atoms with Crippen LogP contribution in [-0.4, -0.2) is 46.6 Å². The summed E-state index contributed by atoms with van der Waals surface area (Å²) >= 11 is 8.83. The van der Waals surface area contributed by atoms with E-state index in [9.17, 15) is 9.59 Å². The van der Waals surface area contributed by atoms with Crippen LogP contribution in [0, 0.1) is 0 Å². The van der Waals surface area contributed by atoms with Gasteiger partial charge in [-0.2, -0.15) is 0 Å². The number of rotatable bonds is 10. The molecule has 0 aliphatic rings. The highest BCUT2D eigenvalue weighted by Crippen LogP contribution is 2.37. The zero-order chi connectivity index (χ0) is 26.4. The number of allylic oxidation sites excluding steroid dienone is 1. The Morgan fingerprint density at radius 3 is 2.57 bits per heavy atom. The first-order chi connectivity index (χ1) is 18.0. The second kappa shape index (κ2) is 12.1. The molecule has 0 saturated heterocycles. The normalized spacial score (nSPS) is 10.7. The summed E-state index contributed by atoms with van der Waals surface area (Å²) in [7, 11) is 2.89. The Labute approximate surface area is 227 Å². The first-order valence-electron chi connectivity index (χ1n) is 11.0. The van der Waals surface area contributed by atoms with Crippen LogP contribution >= 0.6 is 34.7 Å². The number of hydrogen-bond donors (Lipinski definition) is 1. The number of anilines is 1. The van der Waals surface area contributed by atoms with E-state index >= 15 is 0 Å². The molecule has 0 fully saturated rings. The van der Waals surface area contributed by atoms with Crippen molar-refractivity contribution in [1.29, 1.82) is 0 Å². The van der Waals surface area contributed by atoms with Crippen molar-refractivity contribution in [1.82, 2.24) is 14.8 Å². The van der Waals surface area contributed by atoms with Crippen molar-refractivity contribution in [3.05, 3.63) is 77.2 Å². The molecule has 0 radical (unpaired) electrons. The van der Waals surface area contributed by atoms with E-state index in [1.54, 1.807) is 31.4 Å². The number of ether oxygens (including phenoxy) is 2. The Morgan fingerprint density at radius 2 is 1.89 bits per heavy atom. The molecular formula is C26H23ClN4O4S2. The second-order valence-electron chi connectivity index (χ2n) is 7.60. The average molecular weight is 555 g/mol. The van der Waals surface area contributed by atoms with Crippen LogP contribution in [0.15, 0.2) is 71.7 Å². The van der Waals surface area contributed by atoms with Gasteiger partial charge in [-0.05, 0) is 29.8 Å². The number of halogens is 1. The fourth-order valence-electron chi connectivity index (χ4n) is 3.56. The molecule has 0 bridgehead atoms. The van der Waals surface area contributed by atoms with Gasteiger partial charge in [-0.1, -0.05) is 53.7 Å². The minimum absolute atomic E-state index is 0.0498. The Balaban J connectivity index is 1.53. The Morgan fingerprint density at radius 1 is 1.14 bits per heavy atom. The van der Waals surface area contributed by atoms with Crippen molar-refractivity contribution in [2.75, 3.05) is 25.3 Å². The molecule has 0 aliphatic carbocycles. The van der Waals surface area contributed by atoms with Gasteiger partial charge in [0.1, 0.15) is 16.3 Å². The molecule has 37 heavy (non-hydrogen) atoms. The first-order valence-corrected chi connectivity index (χ1v) is 13.3. The van der Waals surface area contributed by atoms with Crippen LogP contribution in [0.25, 0.3) is 22.5 Å². The summed E-state index contributed by atoms with van der Waals surface area (Å²) < 4.78 is 12.1. The van der Waals surface area contributed by atoms with Crippen LogP contribution < -0.4 is 10.1 Å². The fourth-order valence-corrected chi connectivity index (χ4v) is 5.50. The number of amides is 1. The molecule has 0 atom stereocenters. The van der Waals surface area contributed by atoms with E-state index in [2.05, 4.69) is 22.1 Å². The van der Waals surface area contributed by atoms with Gasteiger partial charge < -0.3 is 14.8 Å². The molecule has 190 valence electrons. The molecule has 0 saturated carbocycles. The maximum absolute atomic E-state index is 12.9. The number of esters is 1. The first kappa shape index (κ1) is 26.5. The summed E-state index contributed by atoms with van der Waals surface area (Å²) in [4.78, 5) is 25.5. The lowest BCUT2D eigenvalue weighted by Crippen LogP contribution is -2.16. The number of nitrogens with one attached hydrogen (secondary N) is 1. The third kappa shape index (κ3) is 5.87. The van der Waals surface area contributed by atoms with Crippen LogP contribution in [0.1, 0.15) is 10.4 Å². The maximum Gasteiger partial charge on any atom is 0.341 e. The quantitative estimate of drug-likeness (QED) is 0.145. The number of carbonyl (C=O) groups excluding carboxylic acids is 2. The summed E-state index contributed by atoms with van der Waals surface area (Å²) in [5, 5.41) is 14.7. The monoisotopic (exact) mass is 554 g/mol. The zero-order valence-electron chi connectivity index (χ0n) is 20.1. The van der Waals surface area contributed by atoms with Gasteiger partial charge in [-0.3, -0.25) is 9.36 Å². The lowest BCUT2D eigenvalue weighted by Gasteiger charge is -2.10. The van der Waals surface area contributed by atoms with Gasteiger partial charge in [-0.25, -0.2) is 4.79 Å².